The van der Waals surface area contributed by atoms with Gasteiger partial charge < -0.3 is 4.52 Å². The molecule has 1 aliphatic heterocycles. The van der Waals surface area contributed by atoms with E-state index in [4.69, 9.17) is 13.6 Å². The van der Waals surface area contributed by atoms with Crippen LogP contribution in [0.1, 0.15) is 19.3 Å². The Hall–Kier alpha value is -0.830. The summed E-state index contributed by atoms with van der Waals surface area (Å²) in [6.45, 7) is 0.481. The smallest absolute Gasteiger partial charge is 0.404 e. The SMILES string of the molecule is O=[P@@]1(Oc2ccccc2)OC[C@H]2CCC[C@H]2O1. The lowest BCUT2D eigenvalue weighted by Crippen LogP contribution is -2.28. The second kappa shape index (κ2) is 4.45. The van der Waals surface area contributed by atoms with Crippen LogP contribution in [0.2, 0.25) is 0 Å². The molecule has 0 spiro atoms. The Morgan fingerprint density at radius 3 is 2.88 bits per heavy atom. The van der Waals surface area contributed by atoms with Crippen LogP contribution in [-0.2, 0) is 13.6 Å². The van der Waals surface area contributed by atoms with Crippen molar-refractivity contribution in [3.63, 3.8) is 0 Å². The fourth-order valence-electron chi connectivity index (χ4n) is 2.37. The van der Waals surface area contributed by atoms with Crippen LogP contribution in [-0.4, -0.2) is 12.7 Å². The summed E-state index contributed by atoms with van der Waals surface area (Å²) in [5.74, 6) is 0.906. The van der Waals surface area contributed by atoms with Gasteiger partial charge in [-0.1, -0.05) is 24.6 Å². The molecule has 1 aromatic rings. The molecule has 0 radical (unpaired) electrons. The van der Waals surface area contributed by atoms with E-state index in [1.54, 1.807) is 12.1 Å². The van der Waals surface area contributed by atoms with E-state index >= 15 is 0 Å². The van der Waals surface area contributed by atoms with Crippen LogP contribution >= 0.6 is 7.82 Å². The zero-order valence-corrected chi connectivity index (χ0v) is 10.3. The molecule has 1 saturated carbocycles. The van der Waals surface area contributed by atoms with Crippen LogP contribution in [0.25, 0.3) is 0 Å². The molecule has 3 atom stereocenters. The summed E-state index contributed by atoms with van der Waals surface area (Å²) in [7, 11) is -3.41. The Kier molecular flexibility index (Phi) is 2.95. The lowest BCUT2D eigenvalue weighted by Gasteiger charge is -2.30. The fraction of sp³-hybridized carbons (Fsp3) is 0.500. The van der Waals surface area contributed by atoms with Gasteiger partial charge in [0.25, 0.3) is 0 Å². The second-order valence-corrected chi connectivity index (χ2v) is 6.03. The minimum atomic E-state index is -3.41. The lowest BCUT2D eigenvalue weighted by atomic mass is 10.1. The van der Waals surface area contributed by atoms with E-state index in [1.807, 2.05) is 18.2 Å². The number of benzene rings is 1. The average molecular weight is 254 g/mol. The Morgan fingerprint density at radius 1 is 1.24 bits per heavy atom. The van der Waals surface area contributed by atoms with Crippen LogP contribution in [0.5, 0.6) is 5.75 Å². The Morgan fingerprint density at radius 2 is 2.06 bits per heavy atom. The first-order valence-electron chi connectivity index (χ1n) is 5.93. The van der Waals surface area contributed by atoms with Gasteiger partial charge in [0.15, 0.2) is 0 Å². The van der Waals surface area contributed by atoms with Gasteiger partial charge in [-0.15, -0.1) is 0 Å². The van der Waals surface area contributed by atoms with Crippen molar-refractivity contribution in [2.24, 2.45) is 5.92 Å². The van der Waals surface area contributed by atoms with E-state index in [1.165, 1.54) is 0 Å². The highest BCUT2D eigenvalue weighted by Gasteiger charge is 2.44. The van der Waals surface area contributed by atoms with E-state index in [2.05, 4.69) is 0 Å². The van der Waals surface area contributed by atoms with Gasteiger partial charge in [0.1, 0.15) is 5.75 Å². The summed E-state index contributed by atoms with van der Waals surface area (Å²) in [5, 5.41) is 0. The first-order chi connectivity index (χ1) is 8.25. The maximum atomic E-state index is 12.3. The lowest BCUT2D eigenvalue weighted by molar-refractivity contribution is 0.0199. The summed E-state index contributed by atoms with van der Waals surface area (Å²) in [5.41, 5.74) is 0. The van der Waals surface area contributed by atoms with Gasteiger partial charge in [-0.3, -0.25) is 9.05 Å². The molecule has 0 amide bonds. The number of rotatable bonds is 2. The molecule has 92 valence electrons. The number of fused-ring (bicyclic) bond motifs is 1. The van der Waals surface area contributed by atoms with Gasteiger partial charge in [-0.05, 0) is 25.0 Å². The Balaban J connectivity index is 1.72. The zero-order valence-electron chi connectivity index (χ0n) is 9.45. The molecule has 1 saturated heterocycles. The third-order valence-corrected chi connectivity index (χ3v) is 4.69. The maximum Gasteiger partial charge on any atom is 0.530 e. The summed E-state index contributed by atoms with van der Waals surface area (Å²) in [4.78, 5) is 0. The summed E-state index contributed by atoms with van der Waals surface area (Å²) in [6.07, 6.45) is 3.20. The minimum absolute atomic E-state index is 0.0401. The molecule has 0 unspecified atom stereocenters. The fourth-order valence-corrected chi connectivity index (χ4v) is 3.89. The molecule has 0 bridgehead atoms. The van der Waals surface area contributed by atoms with Gasteiger partial charge in [-0.25, -0.2) is 4.57 Å². The highest BCUT2D eigenvalue weighted by Crippen LogP contribution is 2.56. The normalized spacial score (nSPS) is 36.5. The molecule has 17 heavy (non-hydrogen) atoms. The van der Waals surface area contributed by atoms with Gasteiger partial charge >= 0.3 is 7.82 Å². The van der Waals surface area contributed by atoms with E-state index in [-0.39, 0.29) is 6.10 Å². The van der Waals surface area contributed by atoms with Crippen LogP contribution in [0.15, 0.2) is 30.3 Å². The molecule has 1 aliphatic carbocycles. The van der Waals surface area contributed by atoms with E-state index in [0.717, 1.165) is 19.3 Å². The first-order valence-corrected chi connectivity index (χ1v) is 7.39. The van der Waals surface area contributed by atoms with Crippen molar-refractivity contribution in [1.82, 2.24) is 0 Å². The number of hydrogen-bond acceptors (Lipinski definition) is 4. The number of hydrogen-bond donors (Lipinski definition) is 0. The predicted molar refractivity (Wildman–Crippen MR) is 62.8 cm³/mol. The zero-order chi connectivity index (χ0) is 11.7. The van der Waals surface area contributed by atoms with E-state index < -0.39 is 7.82 Å². The highest BCUT2D eigenvalue weighted by atomic mass is 31.2. The molecule has 2 fully saturated rings. The number of phosphoric acid groups is 1. The van der Waals surface area contributed by atoms with Crippen LogP contribution in [0.4, 0.5) is 0 Å². The summed E-state index contributed by atoms with van der Waals surface area (Å²) >= 11 is 0. The van der Waals surface area contributed by atoms with Crippen molar-refractivity contribution in [1.29, 1.82) is 0 Å². The monoisotopic (exact) mass is 254 g/mol. The molecule has 4 nitrogen and oxygen atoms in total. The third-order valence-electron chi connectivity index (χ3n) is 3.26. The summed E-state index contributed by atoms with van der Waals surface area (Å²) < 4.78 is 28.4. The molecule has 2 aliphatic rings. The van der Waals surface area contributed by atoms with Crippen molar-refractivity contribution in [2.75, 3.05) is 6.61 Å². The third kappa shape index (κ3) is 2.39. The topological polar surface area (TPSA) is 44.8 Å². The quantitative estimate of drug-likeness (QED) is 0.759. The van der Waals surface area contributed by atoms with Gasteiger partial charge in [0.2, 0.25) is 0 Å². The van der Waals surface area contributed by atoms with E-state index in [9.17, 15) is 4.57 Å². The van der Waals surface area contributed by atoms with Crippen LogP contribution in [0.3, 0.4) is 0 Å². The van der Waals surface area contributed by atoms with Gasteiger partial charge in [0.05, 0.1) is 12.7 Å². The Labute approximate surface area is 100 Å². The number of para-hydroxylation sites is 1. The van der Waals surface area contributed by atoms with Crippen molar-refractivity contribution < 1.29 is 18.1 Å². The molecule has 1 aromatic carbocycles. The molecule has 5 heteroatoms. The largest absolute Gasteiger partial charge is 0.530 e. The number of phosphoric ester groups is 1. The molecular formula is C12H15O4P. The second-order valence-electron chi connectivity index (χ2n) is 4.48. The van der Waals surface area contributed by atoms with Crippen LogP contribution < -0.4 is 4.52 Å². The van der Waals surface area contributed by atoms with Crippen molar-refractivity contribution in [3.8, 4) is 5.75 Å². The standard InChI is InChI=1S/C12H15O4P/c13-17(15-11-6-2-1-3-7-11)14-9-10-5-4-8-12(10)16-17/h1-3,6-7,10,12H,4-5,8-9H2/t10-,12-,17+/m1/s1. The van der Waals surface area contributed by atoms with Crippen molar-refractivity contribution >= 4 is 7.82 Å². The van der Waals surface area contributed by atoms with Gasteiger partial charge in [-0.2, -0.15) is 0 Å². The average Bonchev–Trinajstić information content (AvgIpc) is 2.76. The van der Waals surface area contributed by atoms with Crippen LogP contribution in [0, 0.1) is 5.92 Å². The van der Waals surface area contributed by atoms with E-state index in [0.29, 0.717) is 18.3 Å². The molecule has 1 heterocycles. The molecule has 0 N–H and O–H groups in total. The maximum absolute atomic E-state index is 12.3. The first kappa shape index (κ1) is 11.3. The predicted octanol–water partition coefficient (Wildman–Crippen LogP) is 3.39. The molecule has 3 rings (SSSR count). The Bertz CT molecular complexity index is 433. The van der Waals surface area contributed by atoms with Crippen molar-refractivity contribution in [2.45, 2.75) is 25.4 Å². The molecule has 0 aromatic heterocycles. The summed E-state index contributed by atoms with van der Waals surface area (Å²) in [6, 6.07) is 9.01. The highest BCUT2D eigenvalue weighted by molar-refractivity contribution is 7.49. The van der Waals surface area contributed by atoms with Crippen molar-refractivity contribution in [3.05, 3.63) is 30.3 Å². The van der Waals surface area contributed by atoms with Gasteiger partial charge in [0, 0.05) is 5.92 Å². The molecular weight excluding hydrogens is 239 g/mol. The minimum Gasteiger partial charge on any atom is -0.404 e.